The molecule has 2 rings (SSSR count). The molecule has 0 fully saturated rings. The maximum Gasteiger partial charge on any atom is 0.126 e. The summed E-state index contributed by atoms with van der Waals surface area (Å²) in [6, 6.07) is 4.56. The molecule has 78 valence electrons. The molecule has 0 aliphatic carbocycles. The molecule has 1 unspecified atom stereocenters. The topological polar surface area (TPSA) is 51.8 Å². The summed E-state index contributed by atoms with van der Waals surface area (Å²) in [5.41, 5.74) is 7.91. The van der Waals surface area contributed by atoms with Gasteiger partial charge in [-0.15, -0.1) is 5.10 Å². The van der Waals surface area contributed by atoms with Crippen LogP contribution < -0.4 is 5.73 Å². The summed E-state index contributed by atoms with van der Waals surface area (Å²) in [5.74, 6) is -0.244. The van der Waals surface area contributed by atoms with Crippen molar-refractivity contribution in [2.24, 2.45) is 5.73 Å². The first kappa shape index (κ1) is 10.2. The molecule has 0 spiro atoms. The number of rotatable bonds is 2. The maximum atomic E-state index is 13.3. The number of benzene rings is 1. The molecule has 2 N–H and O–H groups in total. The molecule has 0 aliphatic rings. The highest BCUT2D eigenvalue weighted by Gasteiger charge is 2.12. The average molecular weight is 223 g/mol. The second kappa shape index (κ2) is 4.04. The lowest BCUT2D eigenvalue weighted by Crippen LogP contribution is -2.12. The Morgan fingerprint density at radius 3 is 2.87 bits per heavy atom. The van der Waals surface area contributed by atoms with E-state index >= 15 is 0 Å². The summed E-state index contributed by atoms with van der Waals surface area (Å²) in [4.78, 5) is 0. The summed E-state index contributed by atoms with van der Waals surface area (Å²) in [5, 5.41) is 5.63. The van der Waals surface area contributed by atoms with E-state index in [0.29, 0.717) is 16.8 Å². The summed E-state index contributed by atoms with van der Waals surface area (Å²) in [6.45, 7) is 1.72. The molecule has 1 heterocycles. The summed E-state index contributed by atoms with van der Waals surface area (Å²) in [7, 11) is 0. The fourth-order valence-corrected chi connectivity index (χ4v) is 1.77. The van der Waals surface area contributed by atoms with E-state index in [0.717, 1.165) is 0 Å². The minimum absolute atomic E-state index is 0.244. The van der Waals surface area contributed by atoms with Crippen molar-refractivity contribution in [3.05, 3.63) is 46.2 Å². The van der Waals surface area contributed by atoms with Crippen molar-refractivity contribution in [3.8, 4) is 0 Å². The van der Waals surface area contributed by atoms with E-state index in [-0.39, 0.29) is 5.82 Å². The van der Waals surface area contributed by atoms with Crippen molar-refractivity contribution in [2.45, 2.75) is 13.0 Å². The Kier molecular flexibility index (Phi) is 2.75. The fourth-order valence-electron chi connectivity index (χ4n) is 1.28. The fraction of sp³-hybridized carbons (Fsp3) is 0.200. The van der Waals surface area contributed by atoms with Crippen LogP contribution in [0.25, 0.3) is 0 Å². The lowest BCUT2D eigenvalue weighted by Gasteiger charge is -2.09. The molecule has 0 aliphatic heterocycles. The van der Waals surface area contributed by atoms with Gasteiger partial charge in [-0.05, 0) is 35.6 Å². The Hall–Kier alpha value is -1.33. The van der Waals surface area contributed by atoms with Gasteiger partial charge in [-0.2, -0.15) is 0 Å². The first-order chi connectivity index (χ1) is 7.18. The van der Waals surface area contributed by atoms with Gasteiger partial charge < -0.3 is 5.73 Å². The van der Waals surface area contributed by atoms with Crippen LogP contribution in [0.15, 0.2) is 23.6 Å². The van der Waals surface area contributed by atoms with Gasteiger partial charge in [-0.3, -0.25) is 0 Å². The molecule has 0 amide bonds. The van der Waals surface area contributed by atoms with Gasteiger partial charge >= 0.3 is 0 Å². The third kappa shape index (κ3) is 2.03. The molecule has 0 saturated carbocycles. The van der Waals surface area contributed by atoms with Crippen LogP contribution in [0, 0.1) is 12.7 Å². The third-order valence-electron chi connectivity index (χ3n) is 2.25. The van der Waals surface area contributed by atoms with E-state index < -0.39 is 6.04 Å². The van der Waals surface area contributed by atoms with Crippen LogP contribution >= 0.6 is 11.5 Å². The third-order valence-corrected chi connectivity index (χ3v) is 2.77. The minimum atomic E-state index is -0.404. The quantitative estimate of drug-likeness (QED) is 0.847. The van der Waals surface area contributed by atoms with Crippen molar-refractivity contribution < 1.29 is 4.39 Å². The van der Waals surface area contributed by atoms with Gasteiger partial charge in [-0.25, -0.2) is 4.39 Å². The Morgan fingerprint density at radius 1 is 1.47 bits per heavy atom. The Balaban J connectivity index is 2.34. The molecular formula is C10H10FN3S. The van der Waals surface area contributed by atoms with Crippen LogP contribution in [-0.2, 0) is 0 Å². The molecule has 0 bridgehead atoms. The van der Waals surface area contributed by atoms with Crippen LogP contribution in [0.2, 0.25) is 0 Å². The molecule has 0 radical (unpaired) electrons. The van der Waals surface area contributed by atoms with E-state index in [1.54, 1.807) is 18.4 Å². The largest absolute Gasteiger partial charge is 0.319 e. The highest BCUT2D eigenvalue weighted by molar-refractivity contribution is 7.03. The van der Waals surface area contributed by atoms with Crippen molar-refractivity contribution in [2.75, 3.05) is 0 Å². The van der Waals surface area contributed by atoms with E-state index in [1.165, 1.54) is 17.6 Å². The summed E-state index contributed by atoms with van der Waals surface area (Å²) >= 11 is 1.24. The van der Waals surface area contributed by atoms with Gasteiger partial charge in [0.05, 0.1) is 11.7 Å². The van der Waals surface area contributed by atoms with Crippen LogP contribution in [-0.4, -0.2) is 9.59 Å². The second-order valence-corrected chi connectivity index (χ2v) is 3.93. The normalized spacial score (nSPS) is 12.7. The SMILES string of the molecule is Cc1ccc(C(N)c2csnn2)cc1F. The minimum Gasteiger partial charge on any atom is -0.319 e. The van der Waals surface area contributed by atoms with Crippen LogP contribution in [0.1, 0.15) is 22.9 Å². The van der Waals surface area contributed by atoms with Crippen LogP contribution in [0.5, 0.6) is 0 Å². The van der Waals surface area contributed by atoms with E-state index in [4.69, 9.17) is 5.73 Å². The molecule has 1 atom stereocenters. The van der Waals surface area contributed by atoms with Gasteiger partial charge in [0.15, 0.2) is 0 Å². The number of aryl methyl sites for hydroxylation is 1. The summed E-state index contributed by atoms with van der Waals surface area (Å²) in [6.07, 6.45) is 0. The van der Waals surface area contributed by atoms with Gasteiger partial charge in [0, 0.05) is 5.38 Å². The van der Waals surface area contributed by atoms with Gasteiger partial charge in [0.25, 0.3) is 0 Å². The predicted octanol–water partition coefficient (Wildman–Crippen LogP) is 2.03. The van der Waals surface area contributed by atoms with Gasteiger partial charge in [0.1, 0.15) is 5.82 Å². The predicted molar refractivity (Wildman–Crippen MR) is 57.1 cm³/mol. The van der Waals surface area contributed by atoms with Crippen molar-refractivity contribution in [1.29, 1.82) is 0 Å². The first-order valence-electron chi connectivity index (χ1n) is 4.47. The first-order valence-corrected chi connectivity index (χ1v) is 5.30. The number of nitrogens with zero attached hydrogens (tertiary/aromatic N) is 2. The zero-order valence-electron chi connectivity index (χ0n) is 8.14. The van der Waals surface area contributed by atoms with E-state index in [1.807, 2.05) is 6.07 Å². The van der Waals surface area contributed by atoms with Crippen molar-refractivity contribution in [3.63, 3.8) is 0 Å². The molecule has 1 aromatic carbocycles. The number of aromatic nitrogens is 2. The monoisotopic (exact) mass is 223 g/mol. The molecule has 3 nitrogen and oxygen atoms in total. The number of nitrogens with two attached hydrogens (primary N) is 1. The lowest BCUT2D eigenvalue weighted by atomic mass is 10.0. The summed E-state index contributed by atoms with van der Waals surface area (Å²) < 4.78 is 17.0. The Bertz CT molecular complexity index is 456. The Labute approximate surface area is 90.9 Å². The highest BCUT2D eigenvalue weighted by Crippen LogP contribution is 2.20. The molecule has 2 aromatic rings. The van der Waals surface area contributed by atoms with Crippen LogP contribution in [0.4, 0.5) is 4.39 Å². The van der Waals surface area contributed by atoms with Crippen molar-refractivity contribution in [1.82, 2.24) is 9.59 Å². The van der Waals surface area contributed by atoms with Crippen LogP contribution in [0.3, 0.4) is 0 Å². The standard InChI is InChI=1S/C10H10FN3S/c1-6-2-3-7(4-8(6)11)10(12)9-5-15-14-13-9/h2-5,10H,12H2,1H3. The van der Waals surface area contributed by atoms with Crippen molar-refractivity contribution >= 4 is 11.5 Å². The lowest BCUT2D eigenvalue weighted by molar-refractivity contribution is 0.614. The molecule has 1 aromatic heterocycles. The smallest absolute Gasteiger partial charge is 0.126 e. The van der Waals surface area contributed by atoms with Gasteiger partial charge in [0.2, 0.25) is 0 Å². The number of hydrogen-bond donors (Lipinski definition) is 1. The number of hydrogen-bond acceptors (Lipinski definition) is 4. The zero-order valence-corrected chi connectivity index (χ0v) is 8.96. The van der Waals surface area contributed by atoms with E-state index in [2.05, 4.69) is 9.59 Å². The molecule has 0 saturated heterocycles. The van der Waals surface area contributed by atoms with E-state index in [9.17, 15) is 4.39 Å². The zero-order chi connectivity index (χ0) is 10.8. The number of halogens is 1. The highest BCUT2D eigenvalue weighted by atomic mass is 32.1. The second-order valence-electron chi connectivity index (χ2n) is 3.32. The molecule has 5 heteroatoms. The molecular weight excluding hydrogens is 213 g/mol. The average Bonchev–Trinajstić information content (AvgIpc) is 2.74. The maximum absolute atomic E-state index is 13.3. The van der Waals surface area contributed by atoms with Gasteiger partial charge in [-0.1, -0.05) is 16.6 Å². The Morgan fingerprint density at radius 2 is 2.27 bits per heavy atom. The molecule has 15 heavy (non-hydrogen) atoms.